The van der Waals surface area contributed by atoms with E-state index in [1.807, 2.05) is 13.8 Å². The van der Waals surface area contributed by atoms with Gasteiger partial charge in [0, 0.05) is 0 Å². The zero-order chi connectivity index (χ0) is 38.3. The lowest BCUT2D eigenvalue weighted by Crippen LogP contribution is -2.46. The van der Waals surface area contributed by atoms with Crippen molar-refractivity contribution in [3.8, 4) is 0 Å². The van der Waals surface area contributed by atoms with E-state index in [0.717, 1.165) is 19.7 Å². The number of aryl methyl sites for hydroxylation is 2. The van der Waals surface area contributed by atoms with E-state index >= 15 is 0 Å². The fourth-order valence-electron chi connectivity index (χ4n) is 9.54. The lowest BCUT2D eigenvalue weighted by Gasteiger charge is -2.24. The monoisotopic (exact) mass is 786 g/mol. The maximum Gasteiger partial charge on any atom is 0.312 e. The highest BCUT2D eigenvalue weighted by Gasteiger charge is 2.85. The Morgan fingerprint density at radius 2 is 1.00 bits per heavy atom. The largest absolute Gasteiger partial charge is 0.466 e. The minimum Gasteiger partial charge on any atom is -0.466 e. The molecule has 0 radical (unpaired) electrons. The zero-order valence-electron chi connectivity index (χ0n) is 29.6. The Bertz CT molecular complexity index is 2040. The molecule has 8 fully saturated rings. The fraction of sp³-hybridized carbons (Fsp3) is 0.556. The highest BCUT2D eigenvalue weighted by atomic mass is 32.2. The van der Waals surface area contributed by atoms with Gasteiger partial charge in [0.1, 0.15) is 59.7 Å². The van der Waals surface area contributed by atoms with Crippen LogP contribution in [-0.2, 0) is 67.6 Å². The van der Waals surface area contributed by atoms with Crippen molar-refractivity contribution in [3.63, 3.8) is 0 Å². The highest BCUT2D eigenvalue weighted by molar-refractivity contribution is 7.90. The van der Waals surface area contributed by atoms with E-state index < -0.39 is 90.9 Å². The molecule has 0 aliphatic carbocycles. The Hall–Kier alpha value is -3.94. The first-order chi connectivity index (χ1) is 25.6. The van der Waals surface area contributed by atoms with Crippen molar-refractivity contribution < 1.29 is 64.4 Å². The Labute approximate surface area is 311 Å². The van der Waals surface area contributed by atoms with Crippen molar-refractivity contribution in [2.45, 2.75) is 85.3 Å². The first kappa shape index (κ1) is 35.7. The first-order valence-corrected chi connectivity index (χ1v) is 20.8. The lowest BCUT2D eigenvalue weighted by molar-refractivity contribution is -0.154. The molecule has 16 nitrogen and oxygen atoms in total. The molecule has 288 valence electrons. The number of sulfonamides is 2. The van der Waals surface area contributed by atoms with Crippen molar-refractivity contribution in [3.05, 3.63) is 59.7 Å². The zero-order valence-corrected chi connectivity index (χ0v) is 31.3. The summed E-state index contributed by atoms with van der Waals surface area (Å²) in [5.74, 6) is -5.78. The predicted octanol–water partition coefficient (Wildman–Crippen LogP) is 0.480. The molecule has 18 heteroatoms. The van der Waals surface area contributed by atoms with Gasteiger partial charge in [-0.3, -0.25) is 19.2 Å². The van der Waals surface area contributed by atoms with Crippen LogP contribution in [0.3, 0.4) is 0 Å². The molecule has 12 atom stereocenters. The van der Waals surface area contributed by atoms with E-state index in [1.54, 1.807) is 38.1 Å². The van der Waals surface area contributed by atoms with Gasteiger partial charge >= 0.3 is 11.9 Å². The topological polar surface area (TPSA) is 205 Å². The summed E-state index contributed by atoms with van der Waals surface area (Å²) in [7, 11) is -8.09. The van der Waals surface area contributed by atoms with Crippen LogP contribution in [0.2, 0.25) is 0 Å². The van der Waals surface area contributed by atoms with Gasteiger partial charge in [0.15, 0.2) is 0 Å². The van der Waals surface area contributed by atoms with Gasteiger partial charge in [-0.2, -0.15) is 0 Å². The van der Waals surface area contributed by atoms with Crippen LogP contribution in [0.1, 0.15) is 25.0 Å². The molecular weight excluding hydrogens is 749 g/mol. The molecule has 0 unspecified atom stereocenters. The number of carbonyl (C=O) groups is 4. The molecule has 2 amide bonds. The van der Waals surface area contributed by atoms with Crippen molar-refractivity contribution in [2.24, 2.45) is 23.7 Å². The van der Waals surface area contributed by atoms with Gasteiger partial charge in [-0.15, -0.1) is 0 Å². The second-order valence-corrected chi connectivity index (χ2v) is 18.7. The van der Waals surface area contributed by atoms with Crippen LogP contribution in [0, 0.1) is 37.5 Å². The van der Waals surface area contributed by atoms with E-state index in [0.29, 0.717) is 0 Å². The van der Waals surface area contributed by atoms with Crippen LogP contribution < -0.4 is 0 Å². The van der Waals surface area contributed by atoms with Crippen LogP contribution >= 0.6 is 0 Å². The quantitative estimate of drug-likeness (QED) is 0.264. The molecule has 10 rings (SSSR count). The predicted molar refractivity (Wildman–Crippen MR) is 180 cm³/mol. The number of esters is 2. The number of fused-ring (bicyclic) bond motifs is 6. The van der Waals surface area contributed by atoms with Gasteiger partial charge < -0.3 is 28.4 Å². The van der Waals surface area contributed by atoms with E-state index in [-0.39, 0.29) is 60.5 Å². The summed E-state index contributed by atoms with van der Waals surface area (Å²) >= 11 is 0. The maximum atomic E-state index is 13.1. The second-order valence-electron chi connectivity index (χ2n) is 15.0. The SMILES string of the molecule is CCOC(=O)[C@H]1[C@@H]2O[C@@]3(CN(S(=O)(=O)c4ccc(C)cc4)C(=O)[C@H]13)[C@H]1O[C@@H]21.CCOC(=O)[C@H]1[C@@H]2O[C@@]3(CN(S(=O)(=O)c4ccc(C)cc4)C(=O)[C@H]13)[C@H]1O[C@@H]21. The number of ether oxygens (including phenoxy) is 6. The minimum absolute atomic E-state index is 0.0355. The standard InChI is InChI=1S/2C18H19NO7S/c2*1-3-24-17(21)11-12-16(20)19(8-18(12)15-14(25-15)13(11)26-18)27(22,23)10-6-4-9(2)5-7-10/h2*4-7,11-15H,3,8H2,1-2H3/t2*11-,12+,13+,14+,15+,18-/m11/s1. The molecule has 2 aromatic rings. The lowest BCUT2D eigenvalue weighted by atomic mass is 9.73. The van der Waals surface area contributed by atoms with Crippen molar-refractivity contribution in [2.75, 3.05) is 26.3 Å². The summed E-state index contributed by atoms with van der Waals surface area (Å²) < 4.78 is 87.5. The summed E-state index contributed by atoms with van der Waals surface area (Å²) in [4.78, 5) is 51.3. The Balaban J connectivity index is 0.000000142. The maximum absolute atomic E-state index is 13.1. The second kappa shape index (κ2) is 11.8. The number of nitrogens with zero attached hydrogens (tertiary/aromatic N) is 2. The molecule has 54 heavy (non-hydrogen) atoms. The van der Waals surface area contributed by atoms with E-state index in [4.69, 9.17) is 28.4 Å². The Kier molecular flexibility index (Phi) is 7.80. The molecule has 4 bridgehead atoms. The third-order valence-corrected chi connectivity index (χ3v) is 15.5. The molecule has 0 N–H and O–H groups in total. The van der Waals surface area contributed by atoms with Gasteiger partial charge in [-0.1, -0.05) is 35.4 Å². The number of carbonyl (C=O) groups excluding carboxylic acids is 4. The summed E-state index contributed by atoms with van der Waals surface area (Å²) in [5, 5.41) is 0. The van der Waals surface area contributed by atoms with Crippen LogP contribution in [-0.4, -0.2) is 123 Å². The van der Waals surface area contributed by atoms with Crippen molar-refractivity contribution >= 4 is 43.8 Å². The number of benzene rings is 2. The average molecular weight is 787 g/mol. The molecule has 8 aliphatic rings. The van der Waals surface area contributed by atoms with Crippen LogP contribution in [0.4, 0.5) is 0 Å². The van der Waals surface area contributed by atoms with Gasteiger partial charge in [-0.05, 0) is 52.0 Å². The summed E-state index contributed by atoms with van der Waals surface area (Å²) in [6, 6.07) is 12.6. The van der Waals surface area contributed by atoms with Crippen molar-refractivity contribution in [1.29, 1.82) is 0 Å². The molecule has 8 saturated heterocycles. The van der Waals surface area contributed by atoms with Gasteiger partial charge in [-0.25, -0.2) is 25.4 Å². The fourth-order valence-corrected chi connectivity index (χ4v) is 12.5. The van der Waals surface area contributed by atoms with Gasteiger partial charge in [0.2, 0.25) is 11.8 Å². The van der Waals surface area contributed by atoms with E-state index in [2.05, 4.69) is 0 Å². The smallest absolute Gasteiger partial charge is 0.312 e. The number of hydrogen-bond donors (Lipinski definition) is 0. The molecule has 2 aromatic carbocycles. The average Bonchev–Trinajstić information content (AvgIpc) is 3.93. The normalized spacial score (nSPS) is 38.7. The minimum atomic E-state index is -4.05. The van der Waals surface area contributed by atoms with Gasteiger partial charge in [0.05, 0.1) is 47.9 Å². The number of epoxide rings is 2. The molecule has 0 aromatic heterocycles. The first-order valence-electron chi connectivity index (χ1n) is 17.9. The summed E-state index contributed by atoms with van der Waals surface area (Å²) in [6.07, 6.45) is -2.34. The summed E-state index contributed by atoms with van der Waals surface area (Å²) in [5.41, 5.74) is -0.366. The van der Waals surface area contributed by atoms with Gasteiger partial charge in [0.25, 0.3) is 20.0 Å². The Morgan fingerprint density at radius 3 is 1.33 bits per heavy atom. The number of amides is 2. The third kappa shape index (κ3) is 4.73. The van der Waals surface area contributed by atoms with Crippen LogP contribution in [0.25, 0.3) is 0 Å². The molecule has 8 heterocycles. The van der Waals surface area contributed by atoms with Crippen LogP contribution in [0.5, 0.6) is 0 Å². The van der Waals surface area contributed by atoms with Crippen molar-refractivity contribution in [1.82, 2.24) is 8.61 Å². The molecular formula is C36H38N2O14S2. The molecule has 0 saturated carbocycles. The molecule has 2 spiro atoms. The number of rotatable bonds is 8. The van der Waals surface area contributed by atoms with E-state index in [1.165, 1.54) is 24.3 Å². The molecule has 8 aliphatic heterocycles. The number of hydrogen-bond acceptors (Lipinski definition) is 14. The van der Waals surface area contributed by atoms with E-state index in [9.17, 15) is 36.0 Å². The Morgan fingerprint density at radius 1 is 0.648 bits per heavy atom. The highest BCUT2D eigenvalue weighted by Crippen LogP contribution is 2.65. The summed E-state index contributed by atoms with van der Waals surface area (Å²) in [6.45, 7) is 7.14. The third-order valence-electron chi connectivity index (χ3n) is 12.0. The van der Waals surface area contributed by atoms with Crippen LogP contribution in [0.15, 0.2) is 58.3 Å².